The second kappa shape index (κ2) is 4.80. The van der Waals surface area contributed by atoms with Gasteiger partial charge in [0.15, 0.2) is 0 Å². The van der Waals surface area contributed by atoms with E-state index in [0.717, 1.165) is 11.5 Å². The monoisotopic (exact) mass is 236 g/mol. The first-order valence-corrected chi connectivity index (χ1v) is 6.30. The van der Waals surface area contributed by atoms with E-state index >= 15 is 0 Å². The first kappa shape index (κ1) is 11.4. The zero-order valence-corrected chi connectivity index (χ0v) is 10.3. The van der Waals surface area contributed by atoms with Gasteiger partial charge in [0.1, 0.15) is 5.82 Å². The molecule has 0 saturated carbocycles. The molecule has 2 aromatic rings. The van der Waals surface area contributed by atoms with Gasteiger partial charge in [0.25, 0.3) is 0 Å². The maximum atomic E-state index is 9.33. The number of rotatable bonds is 4. The second-order valence-electron chi connectivity index (χ2n) is 4.19. The molecule has 3 nitrogen and oxygen atoms in total. The van der Waals surface area contributed by atoms with Crippen LogP contribution in [0.3, 0.4) is 0 Å². The van der Waals surface area contributed by atoms with Crippen molar-refractivity contribution >= 4 is 11.3 Å². The van der Waals surface area contributed by atoms with E-state index in [-0.39, 0.29) is 12.5 Å². The number of aliphatic hydroxyl groups is 1. The van der Waals surface area contributed by atoms with Gasteiger partial charge in [-0.2, -0.15) is 0 Å². The molecule has 0 aliphatic rings. The highest BCUT2D eigenvalue weighted by atomic mass is 32.1. The fourth-order valence-electron chi connectivity index (χ4n) is 1.70. The highest BCUT2D eigenvalue weighted by molar-refractivity contribution is 7.13. The topological polar surface area (TPSA) is 48.9 Å². The van der Waals surface area contributed by atoms with Gasteiger partial charge < -0.3 is 10.1 Å². The zero-order valence-electron chi connectivity index (χ0n) is 9.47. The van der Waals surface area contributed by atoms with Gasteiger partial charge in [-0.05, 0) is 17.4 Å². The highest BCUT2D eigenvalue weighted by Gasteiger charge is 2.18. The van der Waals surface area contributed by atoms with E-state index in [1.54, 1.807) is 11.3 Å². The Hall–Kier alpha value is -1.13. The third-order valence-electron chi connectivity index (χ3n) is 2.73. The maximum Gasteiger partial charge on any atom is 0.112 e. The number of aromatic amines is 1. The van der Waals surface area contributed by atoms with Crippen LogP contribution in [0, 0.1) is 5.92 Å². The van der Waals surface area contributed by atoms with Crippen molar-refractivity contribution in [3.05, 3.63) is 29.5 Å². The number of aromatic nitrogens is 2. The van der Waals surface area contributed by atoms with Gasteiger partial charge in [-0.1, -0.05) is 19.9 Å². The molecule has 1 unspecified atom stereocenters. The first-order valence-electron chi connectivity index (χ1n) is 5.42. The van der Waals surface area contributed by atoms with Crippen LogP contribution in [0.1, 0.15) is 25.6 Å². The van der Waals surface area contributed by atoms with E-state index in [4.69, 9.17) is 0 Å². The Balaban J connectivity index is 2.25. The fourth-order valence-corrected chi connectivity index (χ4v) is 2.39. The van der Waals surface area contributed by atoms with Crippen molar-refractivity contribution in [2.24, 2.45) is 5.92 Å². The molecule has 0 saturated heterocycles. The number of H-pyrrole nitrogens is 1. The van der Waals surface area contributed by atoms with Crippen molar-refractivity contribution in [3.8, 4) is 10.6 Å². The van der Waals surface area contributed by atoms with Crippen molar-refractivity contribution < 1.29 is 5.11 Å². The molecule has 0 amide bonds. The van der Waals surface area contributed by atoms with Crippen LogP contribution >= 0.6 is 11.3 Å². The average Bonchev–Trinajstić information content (AvgIpc) is 2.86. The lowest BCUT2D eigenvalue weighted by molar-refractivity contribution is 0.232. The van der Waals surface area contributed by atoms with Gasteiger partial charge >= 0.3 is 0 Å². The quantitative estimate of drug-likeness (QED) is 0.857. The van der Waals surface area contributed by atoms with Gasteiger partial charge in [0, 0.05) is 5.92 Å². The summed E-state index contributed by atoms with van der Waals surface area (Å²) in [4.78, 5) is 8.82. The lowest BCUT2D eigenvalue weighted by Gasteiger charge is -2.15. The summed E-state index contributed by atoms with van der Waals surface area (Å²) in [5.74, 6) is 1.35. The highest BCUT2D eigenvalue weighted by Crippen LogP contribution is 2.26. The largest absolute Gasteiger partial charge is 0.396 e. The molecule has 1 atom stereocenters. The van der Waals surface area contributed by atoms with Crippen LogP contribution in [0.2, 0.25) is 0 Å². The molecule has 0 aromatic carbocycles. The van der Waals surface area contributed by atoms with Crippen molar-refractivity contribution in [2.75, 3.05) is 6.61 Å². The van der Waals surface area contributed by atoms with Gasteiger partial charge in [0.05, 0.1) is 23.4 Å². The Morgan fingerprint density at radius 3 is 2.88 bits per heavy atom. The molecule has 0 fully saturated rings. The van der Waals surface area contributed by atoms with Crippen LogP contribution in [0.15, 0.2) is 23.7 Å². The Bertz CT molecular complexity index is 434. The minimum Gasteiger partial charge on any atom is -0.396 e. The third kappa shape index (κ3) is 2.18. The molecule has 2 heterocycles. The van der Waals surface area contributed by atoms with Crippen LogP contribution in [-0.2, 0) is 0 Å². The molecule has 2 N–H and O–H groups in total. The van der Waals surface area contributed by atoms with Gasteiger partial charge in [0.2, 0.25) is 0 Å². The molecule has 86 valence electrons. The molecule has 0 radical (unpaired) electrons. The summed E-state index contributed by atoms with van der Waals surface area (Å²) in [5, 5.41) is 11.4. The van der Waals surface area contributed by atoms with Crippen LogP contribution in [0.5, 0.6) is 0 Å². The Morgan fingerprint density at radius 2 is 2.31 bits per heavy atom. The molecule has 2 rings (SSSR count). The van der Waals surface area contributed by atoms with Crippen molar-refractivity contribution in [3.63, 3.8) is 0 Å². The summed E-state index contributed by atoms with van der Waals surface area (Å²) >= 11 is 1.68. The lowest BCUT2D eigenvalue weighted by Crippen LogP contribution is -2.12. The van der Waals surface area contributed by atoms with Crippen molar-refractivity contribution in [2.45, 2.75) is 19.8 Å². The Kier molecular flexibility index (Phi) is 3.41. The molecule has 4 heteroatoms. The smallest absolute Gasteiger partial charge is 0.112 e. The van der Waals surface area contributed by atoms with Gasteiger partial charge in [-0.15, -0.1) is 11.3 Å². The SMILES string of the molecule is CC(C)C(CO)c1ncc(-c2cccs2)[nH]1. The normalized spacial score (nSPS) is 13.2. The predicted molar refractivity (Wildman–Crippen MR) is 66.6 cm³/mol. The summed E-state index contributed by atoms with van der Waals surface area (Å²) in [6.07, 6.45) is 1.84. The van der Waals surface area contributed by atoms with E-state index in [1.807, 2.05) is 17.6 Å². The van der Waals surface area contributed by atoms with Crippen LogP contribution in [0.4, 0.5) is 0 Å². The number of nitrogens with zero attached hydrogens (tertiary/aromatic N) is 1. The van der Waals surface area contributed by atoms with E-state index in [9.17, 15) is 5.11 Å². The molecule has 2 aromatic heterocycles. The van der Waals surface area contributed by atoms with Crippen LogP contribution in [-0.4, -0.2) is 21.7 Å². The minimum absolute atomic E-state index is 0.0914. The molecule has 0 spiro atoms. The minimum atomic E-state index is 0.0914. The summed E-state index contributed by atoms with van der Waals surface area (Å²) in [6.45, 7) is 4.32. The average molecular weight is 236 g/mol. The van der Waals surface area contributed by atoms with Gasteiger partial charge in [-0.25, -0.2) is 4.98 Å². The first-order chi connectivity index (χ1) is 7.72. The Labute approximate surface area is 99.2 Å². The van der Waals surface area contributed by atoms with E-state index in [0.29, 0.717) is 5.92 Å². The molecule has 0 bridgehead atoms. The van der Waals surface area contributed by atoms with Crippen molar-refractivity contribution in [1.29, 1.82) is 0 Å². The van der Waals surface area contributed by atoms with Crippen molar-refractivity contribution in [1.82, 2.24) is 9.97 Å². The number of nitrogens with one attached hydrogen (secondary N) is 1. The van der Waals surface area contributed by atoms with E-state index in [1.165, 1.54) is 4.88 Å². The van der Waals surface area contributed by atoms with E-state index < -0.39 is 0 Å². The number of imidazole rings is 1. The summed E-state index contributed by atoms with van der Waals surface area (Å²) < 4.78 is 0. The predicted octanol–water partition coefficient (Wildman–Crippen LogP) is 2.87. The molecular formula is C12H16N2OS. The Morgan fingerprint density at radius 1 is 1.50 bits per heavy atom. The molecule has 0 aliphatic carbocycles. The molecule has 0 aliphatic heterocycles. The van der Waals surface area contributed by atoms with Gasteiger partial charge in [-0.3, -0.25) is 0 Å². The second-order valence-corrected chi connectivity index (χ2v) is 5.14. The summed E-state index contributed by atoms with van der Waals surface area (Å²) in [7, 11) is 0. The zero-order chi connectivity index (χ0) is 11.5. The van der Waals surface area contributed by atoms with E-state index in [2.05, 4.69) is 29.9 Å². The molecule has 16 heavy (non-hydrogen) atoms. The number of thiophene rings is 1. The third-order valence-corrected chi connectivity index (χ3v) is 3.64. The number of hydrogen-bond acceptors (Lipinski definition) is 3. The standard InChI is InChI=1S/C12H16N2OS/c1-8(2)9(7-15)12-13-6-10(14-12)11-4-3-5-16-11/h3-6,8-9,15H,7H2,1-2H3,(H,13,14). The van der Waals surface area contributed by atoms with Crippen LogP contribution < -0.4 is 0 Å². The molecular weight excluding hydrogens is 220 g/mol. The number of hydrogen-bond donors (Lipinski definition) is 2. The summed E-state index contributed by atoms with van der Waals surface area (Å²) in [5.41, 5.74) is 1.03. The fraction of sp³-hybridized carbons (Fsp3) is 0.417. The summed E-state index contributed by atoms with van der Waals surface area (Å²) in [6, 6.07) is 4.08. The van der Waals surface area contributed by atoms with Crippen LogP contribution in [0.25, 0.3) is 10.6 Å². The number of aliphatic hydroxyl groups excluding tert-OH is 1. The lowest BCUT2D eigenvalue weighted by atomic mass is 9.96. The maximum absolute atomic E-state index is 9.33.